The summed E-state index contributed by atoms with van der Waals surface area (Å²) in [6, 6.07) is 13.6. The number of nitrogens with zero attached hydrogens (tertiary/aromatic N) is 3. The second kappa shape index (κ2) is 10.9. The number of rotatable bonds is 7. The van der Waals surface area contributed by atoms with Crippen molar-refractivity contribution in [3.05, 3.63) is 59.9 Å². The number of ether oxygens (including phenoxy) is 1. The molecule has 2 aromatic rings. The Morgan fingerprint density at radius 2 is 1.78 bits per heavy atom. The molecule has 0 bridgehead atoms. The zero-order valence-electron chi connectivity index (χ0n) is 19.0. The summed E-state index contributed by atoms with van der Waals surface area (Å²) in [6.07, 6.45) is 6.33. The number of amides is 1. The van der Waals surface area contributed by atoms with E-state index in [2.05, 4.69) is 16.0 Å². The van der Waals surface area contributed by atoms with Crippen molar-refractivity contribution in [3.8, 4) is 5.75 Å². The fourth-order valence-corrected chi connectivity index (χ4v) is 4.78. The Bertz CT molecular complexity index is 842. The van der Waals surface area contributed by atoms with Crippen molar-refractivity contribution < 1.29 is 14.6 Å². The van der Waals surface area contributed by atoms with Gasteiger partial charge in [0, 0.05) is 44.5 Å². The zero-order chi connectivity index (χ0) is 22.3. The molecule has 32 heavy (non-hydrogen) atoms. The molecule has 4 rings (SSSR count). The van der Waals surface area contributed by atoms with E-state index < -0.39 is 0 Å². The Morgan fingerprint density at radius 3 is 2.41 bits per heavy atom. The number of hydrogen-bond donors (Lipinski definition) is 1. The summed E-state index contributed by atoms with van der Waals surface area (Å²) < 4.78 is 6.19. The second-order valence-corrected chi connectivity index (χ2v) is 9.04. The van der Waals surface area contributed by atoms with Crippen LogP contribution in [0.25, 0.3) is 0 Å². The summed E-state index contributed by atoms with van der Waals surface area (Å²) in [5, 5.41) is 10.0. The lowest BCUT2D eigenvalue weighted by atomic mass is 9.90. The number of piperidine rings is 2. The number of aliphatic hydroxyl groups is 1. The van der Waals surface area contributed by atoms with E-state index in [0.717, 1.165) is 76.3 Å². The summed E-state index contributed by atoms with van der Waals surface area (Å²) in [4.78, 5) is 21.6. The lowest BCUT2D eigenvalue weighted by Gasteiger charge is -2.34. The number of carbonyl (C=O) groups is 1. The topological polar surface area (TPSA) is 65.9 Å². The molecule has 6 nitrogen and oxygen atoms in total. The maximum atomic E-state index is 12.8. The van der Waals surface area contributed by atoms with Crippen LogP contribution in [0.1, 0.15) is 55.1 Å². The van der Waals surface area contributed by atoms with Gasteiger partial charge in [-0.15, -0.1) is 0 Å². The molecule has 2 saturated heterocycles. The van der Waals surface area contributed by atoms with Crippen LogP contribution in [0.3, 0.4) is 0 Å². The van der Waals surface area contributed by atoms with Gasteiger partial charge in [0.1, 0.15) is 11.9 Å². The first kappa shape index (κ1) is 22.7. The highest BCUT2D eigenvalue weighted by atomic mass is 16.5. The molecule has 3 heterocycles. The molecule has 172 valence electrons. The van der Waals surface area contributed by atoms with Crippen LogP contribution in [0, 0.1) is 5.92 Å². The van der Waals surface area contributed by atoms with Crippen LogP contribution in [0.2, 0.25) is 0 Å². The Balaban J connectivity index is 1.22. The number of benzene rings is 1. The molecule has 1 N–H and O–H groups in total. The molecule has 2 aliphatic heterocycles. The summed E-state index contributed by atoms with van der Waals surface area (Å²) in [5.74, 6) is 1.22. The van der Waals surface area contributed by atoms with E-state index >= 15 is 0 Å². The van der Waals surface area contributed by atoms with Crippen molar-refractivity contribution in [1.82, 2.24) is 14.8 Å². The lowest BCUT2D eigenvalue weighted by molar-refractivity contribution is 0.0453. The second-order valence-electron chi connectivity index (χ2n) is 9.04. The van der Waals surface area contributed by atoms with Gasteiger partial charge in [-0.25, -0.2) is 0 Å². The maximum absolute atomic E-state index is 12.8. The first-order chi connectivity index (χ1) is 15.6. The minimum Gasteiger partial charge on any atom is -0.490 e. The van der Waals surface area contributed by atoms with Crippen molar-refractivity contribution in [1.29, 1.82) is 0 Å². The molecule has 2 fully saturated rings. The van der Waals surface area contributed by atoms with E-state index in [9.17, 15) is 9.90 Å². The van der Waals surface area contributed by atoms with Crippen LogP contribution in [0.4, 0.5) is 0 Å². The highest BCUT2D eigenvalue weighted by Gasteiger charge is 2.27. The van der Waals surface area contributed by atoms with Crippen LogP contribution >= 0.6 is 0 Å². The van der Waals surface area contributed by atoms with Crippen molar-refractivity contribution in [3.63, 3.8) is 0 Å². The highest BCUT2D eigenvalue weighted by molar-refractivity contribution is 5.94. The largest absolute Gasteiger partial charge is 0.490 e. The minimum atomic E-state index is -0.245. The Morgan fingerprint density at radius 1 is 1.06 bits per heavy atom. The maximum Gasteiger partial charge on any atom is 0.253 e. The predicted molar refractivity (Wildman–Crippen MR) is 125 cm³/mol. The Hall–Kier alpha value is -2.44. The molecule has 0 saturated carbocycles. The number of pyridine rings is 1. The van der Waals surface area contributed by atoms with E-state index in [1.54, 1.807) is 0 Å². The third kappa shape index (κ3) is 5.87. The molecule has 6 heteroatoms. The fourth-order valence-electron chi connectivity index (χ4n) is 4.78. The average Bonchev–Trinajstić information content (AvgIpc) is 2.85. The van der Waals surface area contributed by atoms with E-state index in [4.69, 9.17) is 4.74 Å². The molecule has 1 atom stereocenters. The molecule has 2 aliphatic rings. The van der Waals surface area contributed by atoms with E-state index in [1.807, 2.05) is 54.4 Å². The summed E-state index contributed by atoms with van der Waals surface area (Å²) in [7, 11) is 0. The Labute approximate surface area is 191 Å². The standard InChI is InChI=1S/C26H35N3O3/c1-2-25(30)20-10-17-29(18-11-20)26(31)21-6-8-23(9-7-21)32-24-12-15-28(16-13-24)19-22-5-3-4-14-27-22/h3-9,14,20,24-25,30H,2,10-13,15-19H2,1H3/t25-/m1/s1. The predicted octanol–water partition coefficient (Wildman–Crippen LogP) is 3.75. The zero-order valence-corrected chi connectivity index (χ0v) is 19.0. The van der Waals surface area contributed by atoms with Crippen LogP contribution in [-0.2, 0) is 6.54 Å². The van der Waals surface area contributed by atoms with E-state index in [-0.39, 0.29) is 18.1 Å². The Kier molecular flexibility index (Phi) is 7.76. The molecule has 0 unspecified atom stereocenters. The first-order valence-corrected chi connectivity index (χ1v) is 12.0. The first-order valence-electron chi connectivity index (χ1n) is 12.0. The van der Waals surface area contributed by atoms with Crippen molar-refractivity contribution in [2.24, 2.45) is 5.92 Å². The molecular formula is C26H35N3O3. The summed E-state index contributed by atoms with van der Waals surface area (Å²) in [6.45, 7) is 6.34. The highest BCUT2D eigenvalue weighted by Crippen LogP contribution is 2.25. The average molecular weight is 438 g/mol. The van der Waals surface area contributed by atoms with Gasteiger partial charge in [-0.3, -0.25) is 14.7 Å². The van der Waals surface area contributed by atoms with Gasteiger partial charge >= 0.3 is 0 Å². The molecule has 0 radical (unpaired) electrons. The van der Waals surface area contributed by atoms with Crippen LogP contribution < -0.4 is 4.74 Å². The number of carbonyl (C=O) groups excluding carboxylic acids is 1. The normalized spacial score (nSPS) is 19.6. The van der Waals surface area contributed by atoms with Gasteiger partial charge in [0.15, 0.2) is 0 Å². The van der Waals surface area contributed by atoms with Crippen molar-refractivity contribution in [2.45, 2.75) is 57.8 Å². The third-order valence-corrected chi connectivity index (χ3v) is 6.84. The molecule has 0 aliphatic carbocycles. The minimum absolute atomic E-state index is 0.0730. The molecule has 1 aromatic heterocycles. The molecule has 1 aromatic carbocycles. The number of aliphatic hydroxyl groups excluding tert-OH is 1. The van der Waals surface area contributed by atoms with Crippen LogP contribution in [-0.4, -0.2) is 64.2 Å². The van der Waals surface area contributed by atoms with Gasteiger partial charge < -0.3 is 14.7 Å². The van der Waals surface area contributed by atoms with Gasteiger partial charge in [0.05, 0.1) is 11.8 Å². The van der Waals surface area contributed by atoms with Gasteiger partial charge in [-0.05, 0) is 74.4 Å². The van der Waals surface area contributed by atoms with Crippen molar-refractivity contribution >= 4 is 5.91 Å². The van der Waals surface area contributed by atoms with E-state index in [0.29, 0.717) is 11.5 Å². The smallest absolute Gasteiger partial charge is 0.253 e. The SMILES string of the molecule is CC[C@@H](O)C1CCN(C(=O)c2ccc(OC3CCN(Cc4ccccn4)CC3)cc2)CC1. The summed E-state index contributed by atoms with van der Waals surface area (Å²) in [5.41, 5.74) is 1.81. The molecule has 1 amide bonds. The van der Waals surface area contributed by atoms with Gasteiger partial charge in [0.2, 0.25) is 0 Å². The monoisotopic (exact) mass is 437 g/mol. The number of likely N-dealkylation sites (tertiary alicyclic amines) is 2. The van der Waals surface area contributed by atoms with Gasteiger partial charge in [-0.2, -0.15) is 0 Å². The lowest BCUT2D eigenvalue weighted by Crippen LogP contribution is -2.41. The third-order valence-electron chi connectivity index (χ3n) is 6.84. The quantitative estimate of drug-likeness (QED) is 0.715. The molecule has 0 spiro atoms. The van der Waals surface area contributed by atoms with Crippen molar-refractivity contribution in [2.75, 3.05) is 26.2 Å². The van der Waals surface area contributed by atoms with Gasteiger partial charge in [0.25, 0.3) is 5.91 Å². The number of hydrogen-bond acceptors (Lipinski definition) is 5. The van der Waals surface area contributed by atoms with Crippen LogP contribution in [0.5, 0.6) is 5.75 Å². The number of aromatic nitrogens is 1. The van der Waals surface area contributed by atoms with Crippen LogP contribution in [0.15, 0.2) is 48.7 Å². The molecular weight excluding hydrogens is 402 g/mol. The fraction of sp³-hybridized carbons (Fsp3) is 0.538. The van der Waals surface area contributed by atoms with Gasteiger partial charge in [-0.1, -0.05) is 13.0 Å². The summed E-state index contributed by atoms with van der Waals surface area (Å²) >= 11 is 0. The van der Waals surface area contributed by atoms with E-state index in [1.165, 1.54) is 0 Å².